The maximum atomic E-state index is 2.56. The summed E-state index contributed by atoms with van der Waals surface area (Å²) in [4.78, 5) is 2.56. The van der Waals surface area contributed by atoms with E-state index in [0.29, 0.717) is 6.04 Å². The molecule has 88 valence electrons. The van der Waals surface area contributed by atoms with E-state index in [1.54, 1.807) is 11.1 Å². The Morgan fingerprint density at radius 2 is 2.06 bits per heavy atom. The van der Waals surface area contributed by atoms with E-state index in [0.717, 1.165) is 6.54 Å². The molecule has 0 amide bonds. The van der Waals surface area contributed by atoms with Crippen molar-refractivity contribution in [1.29, 1.82) is 0 Å². The standard InChI is InChI=1S/C15H23N/c1-4-5-13-6-7-15-11-16(12(2)3)9-8-14(15)10-13/h6-7,10,12H,4-5,8-9,11H2,1-3H3. The van der Waals surface area contributed by atoms with E-state index in [1.807, 2.05) is 0 Å². The number of benzene rings is 1. The van der Waals surface area contributed by atoms with Crippen LogP contribution in [0.3, 0.4) is 0 Å². The fraction of sp³-hybridized carbons (Fsp3) is 0.600. The normalized spacial score (nSPS) is 16.5. The molecule has 0 atom stereocenters. The van der Waals surface area contributed by atoms with Crippen molar-refractivity contribution in [3.8, 4) is 0 Å². The lowest BCUT2D eigenvalue weighted by Gasteiger charge is -2.32. The van der Waals surface area contributed by atoms with E-state index in [-0.39, 0.29) is 0 Å². The number of fused-ring (bicyclic) bond motifs is 1. The minimum absolute atomic E-state index is 0.670. The number of hydrogen-bond acceptors (Lipinski definition) is 1. The molecule has 1 heteroatoms. The lowest BCUT2D eigenvalue weighted by Crippen LogP contribution is -2.35. The van der Waals surface area contributed by atoms with Crippen LogP contribution in [0.15, 0.2) is 18.2 Å². The van der Waals surface area contributed by atoms with Crippen LogP contribution in [0, 0.1) is 0 Å². The summed E-state index contributed by atoms with van der Waals surface area (Å²) in [5, 5.41) is 0. The lowest BCUT2D eigenvalue weighted by molar-refractivity contribution is 0.203. The topological polar surface area (TPSA) is 3.24 Å². The summed E-state index contributed by atoms with van der Waals surface area (Å²) in [6.45, 7) is 9.19. The van der Waals surface area contributed by atoms with E-state index >= 15 is 0 Å². The zero-order chi connectivity index (χ0) is 11.5. The molecular weight excluding hydrogens is 194 g/mol. The van der Waals surface area contributed by atoms with Crippen LogP contribution in [0.4, 0.5) is 0 Å². The van der Waals surface area contributed by atoms with E-state index in [2.05, 4.69) is 43.9 Å². The van der Waals surface area contributed by atoms with Crippen LogP contribution in [-0.2, 0) is 19.4 Å². The van der Waals surface area contributed by atoms with Crippen molar-refractivity contribution in [3.63, 3.8) is 0 Å². The molecule has 0 unspecified atom stereocenters. The summed E-state index contributed by atoms with van der Waals surface area (Å²) in [5.74, 6) is 0. The van der Waals surface area contributed by atoms with Gasteiger partial charge in [0.05, 0.1) is 0 Å². The summed E-state index contributed by atoms with van der Waals surface area (Å²) >= 11 is 0. The van der Waals surface area contributed by atoms with Gasteiger partial charge in [-0.05, 0) is 43.4 Å². The molecule has 0 fully saturated rings. The van der Waals surface area contributed by atoms with Crippen LogP contribution in [0.2, 0.25) is 0 Å². The second-order valence-electron chi connectivity index (χ2n) is 5.17. The fourth-order valence-corrected chi connectivity index (χ4v) is 2.51. The molecule has 0 saturated carbocycles. The van der Waals surface area contributed by atoms with Gasteiger partial charge >= 0.3 is 0 Å². The molecule has 1 heterocycles. The molecule has 1 aromatic carbocycles. The van der Waals surface area contributed by atoms with Crippen LogP contribution in [0.5, 0.6) is 0 Å². The SMILES string of the molecule is CCCc1ccc2c(c1)CCN(C(C)C)C2. The summed E-state index contributed by atoms with van der Waals surface area (Å²) in [5.41, 5.74) is 4.64. The molecule has 0 N–H and O–H groups in total. The Labute approximate surface area is 99.5 Å². The van der Waals surface area contributed by atoms with Crippen LogP contribution in [0.1, 0.15) is 43.9 Å². The first-order chi connectivity index (χ1) is 7.70. The van der Waals surface area contributed by atoms with Gasteiger partial charge in [-0.1, -0.05) is 31.5 Å². The minimum Gasteiger partial charge on any atom is -0.296 e. The Balaban J connectivity index is 2.15. The minimum atomic E-state index is 0.670. The van der Waals surface area contributed by atoms with Gasteiger partial charge in [-0.15, -0.1) is 0 Å². The van der Waals surface area contributed by atoms with Crippen molar-refractivity contribution in [3.05, 3.63) is 34.9 Å². The third-order valence-corrected chi connectivity index (χ3v) is 3.58. The Morgan fingerprint density at radius 1 is 1.25 bits per heavy atom. The van der Waals surface area contributed by atoms with E-state index in [1.165, 1.54) is 31.4 Å². The summed E-state index contributed by atoms with van der Waals surface area (Å²) in [6, 6.07) is 7.75. The van der Waals surface area contributed by atoms with Gasteiger partial charge in [-0.2, -0.15) is 0 Å². The Bertz CT molecular complexity index is 354. The molecule has 1 aromatic rings. The molecule has 2 rings (SSSR count). The van der Waals surface area contributed by atoms with Gasteiger partial charge in [-0.25, -0.2) is 0 Å². The largest absolute Gasteiger partial charge is 0.296 e. The van der Waals surface area contributed by atoms with Crippen molar-refractivity contribution in [2.75, 3.05) is 6.54 Å². The highest BCUT2D eigenvalue weighted by molar-refractivity contribution is 5.34. The third kappa shape index (κ3) is 2.46. The molecule has 16 heavy (non-hydrogen) atoms. The maximum Gasteiger partial charge on any atom is 0.0239 e. The fourth-order valence-electron chi connectivity index (χ4n) is 2.51. The first-order valence-corrected chi connectivity index (χ1v) is 6.55. The van der Waals surface area contributed by atoms with Crippen LogP contribution in [-0.4, -0.2) is 17.5 Å². The zero-order valence-corrected chi connectivity index (χ0v) is 10.8. The average molecular weight is 217 g/mol. The van der Waals surface area contributed by atoms with E-state index in [4.69, 9.17) is 0 Å². The average Bonchev–Trinajstić information content (AvgIpc) is 2.28. The smallest absolute Gasteiger partial charge is 0.0239 e. The number of hydrogen-bond donors (Lipinski definition) is 0. The van der Waals surface area contributed by atoms with Crippen molar-refractivity contribution < 1.29 is 0 Å². The highest BCUT2D eigenvalue weighted by Gasteiger charge is 2.17. The molecule has 0 spiro atoms. The second-order valence-corrected chi connectivity index (χ2v) is 5.17. The molecule has 0 bridgehead atoms. The first kappa shape index (κ1) is 11.7. The van der Waals surface area contributed by atoms with E-state index < -0.39 is 0 Å². The summed E-state index contributed by atoms with van der Waals surface area (Å²) in [6.07, 6.45) is 3.70. The van der Waals surface area contributed by atoms with Crippen molar-refractivity contribution in [2.45, 2.75) is 52.6 Å². The van der Waals surface area contributed by atoms with Gasteiger partial charge in [0.15, 0.2) is 0 Å². The maximum absolute atomic E-state index is 2.56. The van der Waals surface area contributed by atoms with Crippen molar-refractivity contribution >= 4 is 0 Å². The van der Waals surface area contributed by atoms with Gasteiger partial charge in [0, 0.05) is 19.1 Å². The predicted molar refractivity (Wildman–Crippen MR) is 69.7 cm³/mol. The van der Waals surface area contributed by atoms with Gasteiger partial charge in [0.2, 0.25) is 0 Å². The molecule has 1 aliphatic rings. The van der Waals surface area contributed by atoms with Crippen LogP contribution < -0.4 is 0 Å². The molecule has 1 nitrogen and oxygen atoms in total. The molecule has 0 aromatic heterocycles. The van der Waals surface area contributed by atoms with Gasteiger partial charge in [0.1, 0.15) is 0 Å². The Morgan fingerprint density at radius 3 is 2.75 bits per heavy atom. The van der Waals surface area contributed by atoms with Gasteiger partial charge in [0.25, 0.3) is 0 Å². The molecule has 1 aliphatic heterocycles. The number of aryl methyl sites for hydroxylation is 1. The lowest BCUT2D eigenvalue weighted by atomic mass is 9.95. The zero-order valence-electron chi connectivity index (χ0n) is 10.8. The third-order valence-electron chi connectivity index (χ3n) is 3.58. The van der Waals surface area contributed by atoms with Crippen molar-refractivity contribution in [1.82, 2.24) is 4.90 Å². The predicted octanol–water partition coefficient (Wildman–Crippen LogP) is 3.41. The Hall–Kier alpha value is -0.820. The second kappa shape index (κ2) is 5.01. The van der Waals surface area contributed by atoms with Crippen LogP contribution in [0.25, 0.3) is 0 Å². The molecule has 0 aliphatic carbocycles. The monoisotopic (exact) mass is 217 g/mol. The van der Waals surface area contributed by atoms with E-state index in [9.17, 15) is 0 Å². The van der Waals surface area contributed by atoms with Gasteiger partial charge in [-0.3, -0.25) is 4.90 Å². The van der Waals surface area contributed by atoms with Crippen LogP contribution >= 0.6 is 0 Å². The highest BCUT2D eigenvalue weighted by Crippen LogP contribution is 2.22. The molecule has 0 radical (unpaired) electrons. The number of nitrogens with zero attached hydrogens (tertiary/aromatic N) is 1. The molecule has 0 saturated heterocycles. The summed E-state index contributed by atoms with van der Waals surface area (Å²) < 4.78 is 0. The van der Waals surface area contributed by atoms with Crippen molar-refractivity contribution in [2.24, 2.45) is 0 Å². The number of rotatable bonds is 3. The quantitative estimate of drug-likeness (QED) is 0.750. The summed E-state index contributed by atoms with van der Waals surface area (Å²) in [7, 11) is 0. The first-order valence-electron chi connectivity index (χ1n) is 6.55. The Kier molecular flexibility index (Phi) is 3.65. The molecular formula is C15H23N. The highest BCUT2D eigenvalue weighted by atomic mass is 15.1. The van der Waals surface area contributed by atoms with Gasteiger partial charge < -0.3 is 0 Å².